The number of aryl methyl sites for hydroxylation is 8. The lowest BCUT2D eigenvalue weighted by molar-refractivity contribution is -0.151. The second-order valence-electron chi connectivity index (χ2n) is 33.9. The van der Waals surface area contributed by atoms with Crippen LogP contribution in [0.15, 0.2) is 128 Å². The molecule has 0 atom stereocenters. The number of ether oxygens (including phenoxy) is 5. The fraction of sp³-hybridized carbons (Fsp3) is 0.705. The van der Waals surface area contributed by atoms with E-state index in [2.05, 4.69) is 260 Å². The van der Waals surface area contributed by atoms with Crippen LogP contribution in [0, 0.1) is 89.9 Å². The molecule has 6 nitrogen and oxygen atoms in total. The number of alkyl halides is 3. The minimum absolute atomic E-state index is 0. The summed E-state index contributed by atoms with van der Waals surface area (Å²) in [6.07, 6.45) is 36.8. The lowest BCUT2D eigenvalue weighted by atomic mass is 9.88. The van der Waals surface area contributed by atoms with E-state index >= 15 is 0 Å². The van der Waals surface area contributed by atoms with E-state index in [9.17, 15) is 18.0 Å². The first-order valence-electron chi connectivity index (χ1n) is 47.8. The van der Waals surface area contributed by atoms with Crippen LogP contribution in [0.3, 0.4) is 0 Å². The van der Waals surface area contributed by atoms with E-state index in [4.69, 9.17) is 23.7 Å². The molecule has 0 spiro atoms. The minimum Gasteiger partial charge on any atom is -0.497 e. The van der Waals surface area contributed by atoms with E-state index in [1.54, 1.807) is 27.2 Å². The fourth-order valence-corrected chi connectivity index (χ4v) is 9.17. The number of rotatable bonds is 13. The number of hydrogen-bond donors (Lipinski definition) is 0. The van der Waals surface area contributed by atoms with Crippen LogP contribution in [0.1, 0.15) is 427 Å². The summed E-state index contributed by atoms with van der Waals surface area (Å²) in [4.78, 5) is 10.2. The molecule has 5 aliphatic rings. The van der Waals surface area contributed by atoms with E-state index in [-0.39, 0.29) is 25.7 Å². The topological polar surface area (TPSA) is 63.2 Å². The van der Waals surface area contributed by atoms with E-state index in [1.807, 2.05) is 97.0 Å². The monoisotopic (exact) mass is 1710 g/mol. The molecule has 1 aliphatic heterocycles. The zero-order valence-corrected chi connectivity index (χ0v) is 87.2. The maximum absolute atomic E-state index is 10.7. The highest BCUT2D eigenvalue weighted by Gasteiger charge is 2.17. The molecular formula is C112H211F3O6. The molecule has 9 heteroatoms. The first-order chi connectivity index (χ1) is 56.7. The number of fused-ring (bicyclic) bond motifs is 1. The summed E-state index contributed by atoms with van der Waals surface area (Å²) < 4.78 is 56.1. The summed E-state index contributed by atoms with van der Waals surface area (Å²) in [6.45, 7) is 80.9. The lowest BCUT2D eigenvalue weighted by Crippen LogP contribution is -2.21. The summed E-state index contributed by atoms with van der Waals surface area (Å²) in [5, 5.41) is 0. The highest BCUT2D eigenvalue weighted by molar-refractivity contribution is 5.66. The van der Waals surface area contributed by atoms with Crippen molar-refractivity contribution in [2.75, 3.05) is 34.3 Å². The first-order valence-corrected chi connectivity index (χ1v) is 47.8. The van der Waals surface area contributed by atoms with Crippen LogP contribution in [-0.4, -0.2) is 52.3 Å². The Bertz CT molecular complexity index is 2620. The third-order valence-corrected chi connectivity index (χ3v) is 17.2. The van der Waals surface area contributed by atoms with Gasteiger partial charge in [0, 0.05) is 20.6 Å². The number of esters is 1. The van der Waals surface area contributed by atoms with Crippen molar-refractivity contribution in [1.29, 1.82) is 0 Å². The average molecular weight is 1710 g/mol. The summed E-state index contributed by atoms with van der Waals surface area (Å²) >= 11 is 0. The van der Waals surface area contributed by atoms with Gasteiger partial charge in [-0.3, -0.25) is 9.18 Å². The molecule has 1 heterocycles. The van der Waals surface area contributed by atoms with Crippen LogP contribution in [-0.2, 0) is 20.7 Å². The molecule has 4 aliphatic carbocycles. The SMILES string of the molecule is C.C=CC.CC.CC(=O)OC(C)(C)C.CC(C)C.CC(F)F.CC1CCC1.CC1CCCC1.CCC.CCC(C)C.CCC1CC1.CCC1CCCC1.CCCC.CCCC(C)C.CCCCC.CCCF.CCCOC.CCc1ccccc1.COc1ccc(C)cc1.Cc1ccc(C)c(C)c1.Cc1ccc(C)cc1.Cc1ccc2c(c1)OCO2. The molecule has 4 saturated carbocycles. The van der Waals surface area contributed by atoms with Crippen LogP contribution in [0.4, 0.5) is 13.2 Å². The van der Waals surface area contributed by atoms with Gasteiger partial charge in [0.15, 0.2) is 11.5 Å². The largest absolute Gasteiger partial charge is 0.497 e. The van der Waals surface area contributed by atoms with Gasteiger partial charge in [-0.15, -0.1) is 6.58 Å². The maximum Gasteiger partial charge on any atom is 0.303 e. The fourth-order valence-electron chi connectivity index (χ4n) is 9.17. The Morgan fingerprint density at radius 3 is 1.06 bits per heavy atom. The molecule has 4 fully saturated rings. The predicted octanol–water partition coefficient (Wildman–Crippen LogP) is 38.7. The summed E-state index contributed by atoms with van der Waals surface area (Å²) in [5.74, 6) is 9.36. The van der Waals surface area contributed by atoms with Gasteiger partial charge < -0.3 is 23.7 Å². The Balaban J connectivity index is -0.000000104. The zero-order valence-electron chi connectivity index (χ0n) is 87.2. The van der Waals surface area contributed by atoms with E-state index < -0.39 is 6.43 Å². The van der Waals surface area contributed by atoms with Gasteiger partial charge in [-0.25, -0.2) is 8.78 Å². The van der Waals surface area contributed by atoms with Crippen LogP contribution < -0.4 is 14.2 Å². The van der Waals surface area contributed by atoms with Crippen molar-refractivity contribution >= 4 is 5.97 Å². The zero-order chi connectivity index (χ0) is 94.9. The van der Waals surface area contributed by atoms with Crippen LogP contribution in [0.25, 0.3) is 0 Å². The number of hydrogen-bond acceptors (Lipinski definition) is 6. The van der Waals surface area contributed by atoms with Gasteiger partial charge in [-0.1, -0.05) is 447 Å². The van der Waals surface area contributed by atoms with Gasteiger partial charge in [0.2, 0.25) is 13.2 Å². The molecule has 0 unspecified atom stereocenters. The van der Waals surface area contributed by atoms with Crippen molar-refractivity contribution in [3.05, 3.63) is 172 Å². The molecule has 0 aromatic heterocycles. The lowest BCUT2D eigenvalue weighted by Gasteiger charge is -2.18. The van der Waals surface area contributed by atoms with Crippen molar-refractivity contribution in [3.63, 3.8) is 0 Å². The molecule has 0 N–H and O–H groups in total. The number of carbonyl (C=O) groups excluding carboxylic acids is 1. The van der Waals surface area contributed by atoms with E-state index in [0.717, 1.165) is 85.0 Å². The number of allylic oxidation sites excluding steroid dienone is 1. The number of halogens is 3. The Morgan fingerprint density at radius 1 is 0.504 bits per heavy atom. The molecule has 0 radical (unpaired) electrons. The third-order valence-electron chi connectivity index (χ3n) is 17.2. The van der Waals surface area contributed by atoms with Gasteiger partial charge in [0.1, 0.15) is 11.4 Å². The van der Waals surface area contributed by atoms with Gasteiger partial charge in [0.05, 0.1) is 13.8 Å². The van der Waals surface area contributed by atoms with Crippen molar-refractivity contribution in [3.8, 4) is 17.2 Å². The smallest absolute Gasteiger partial charge is 0.303 e. The predicted molar refractivity (Wildman–Crippen MR) is 546 cm³/mol. The highest BCUT2D eigenvalue weighted by atomic mass is 19.3. The second kappa shape index (κ2) is 111. The molecule has 0 amide bonds. The highest BCUT2D eigenvalue weighted by Crippen LogP contribution is 2.33. The summed E-state index contributed by atoms with van der Waals surface area (Å²) in [7, 11) is 3.38. The Labute approximate surface area is 757 Å². The number of unbranched alkanes of at least 4 members (excludes halogenated alkanes) is 3. The summed E-state index contributed by atoms with van der Waals surface area (Å²) in [6, 6.07) is 39.3. The van der Waals surface area contributed by atoms with E-state index in [1.165, 1.54) is 206 Å². The Kier molecular flexibility index (Phi) is 129. The first kappa shape index (κ1) is 141. The molecule has 121 heavy (non-hydrogen) atoms. The third kappa shape index (κ3) is 141. The molecule has 716 valence electrons. The minimum atomic E-state index is -2.17. The van der Waals surface area contributed by atoms with E-state index in [0.29, 0.717) is 13.2 Å². The quantitative estimate of drug-likeness (QED) is 0.0865. The van der Waals surface area contributed by atoms with Crippen LogP contribution in [0.5, 0.6) is 17.2 Å². The molecule has 0 saturated heterocycles. The molecule has 5 aromatic carbocycles. The molecule has 0 bridgehead atoms. The van der Waals surface area contributed by atoms with Crippen molar-refractivity contribution in [2.24, 2.45) is 41.4 Å². The van der Waals surface area contributed by atoms with Gasteiger partial charge >= 0.3 is 5.97 Å². The van der Waals surface area contributed by atoms with Crippen LogP contribution >= 0.6 is 0 Å². The Hall–Kier alpha value is -5.54. The second-order valence-corrected chi connectivity index (χ2v) is 33.9. The molecular weight excluding hydrogens is 1500 g/mol. The molecule has 5 aromatic rings. The van der Waals surface area contributed by atoms with Gasteiger partial charge in [0.25, 0.3) is 0 Å². The standard InChI is InChI=1S/C9H12.C8H8O2.C8H10O.2C8H10.C7H14.C6H12O2.C6H12.C6H14.2C5H10.2C5H12.C4H10O.2C4H10.C3H7F.C3H8.C3H6.C2H4F2.C2H6.CH4/c1-7-4-5-8(2)9(3)6-7;1-6-2-3-7-8(4-6)10-5-9-7;1-7-3-5-8(9-2)6-4-7;1-7-3-5-8(2)6-4-7;1-2-8-6-4-3-5-7-8;1-2-7-5-3-4-6-7;1-5(7)8-6(2,3)4;1-6-4-2-3-5-6;1-4-5-6(2)3;1-5-3-2-4-5;1-2-5-3-4-5;1-4-5(2)3;1-3-5-4-2;1-3-4-5-2;1-4(2)3;1-3-4-2;1-2-3-4;2*1-3-2;1-2(3)4;1-2;/h4-6H,1-3H3;2-4H,5H2,1H3;3-6H,1-2H3;3-6H,1-2H3;3-7H,2H2,1H3;7H,2-6H2,1H3;1-4H3;6H,2-5H2,1H3;6H,4-5H2,1-3H3;2*5H,2-4H2,1H3;5H,4H2,1-3H3;3-5H2,1-2H3;3-4H2,1-2H3;4H,1-3H3;3-4H2,1-2H3;2-3H2,1H3;3H2,1-2H3;3H,1H2,2H3;2H,1H3;1-2H3;1H4. The number of benzene rings is 5. The maximum atomic E-state index is 10.7. The number of carbonyl (C=O) groups is 1. The average Bonchev–Trinajstić information content (AvgIpc) is 1.73. The van der Waals surface area contributed by atoms with Gasteiger partial charge in [-0.2, -0.15) is 0 Å². The van der Waals surface area contributed by atoms with Gasteiger partial charge in [-0.05, 0) is 190 Å². The Morgan fingerprint density at radius 2 is 0.860 bits per heavy atom. The van der Waals surface area contributed by atoms with Crippen molar-refractivity contribution in [2.45, 2.75) is 449 Å². The number of methoxy groups -OCH3 is 2. The van der Waals surface area contributed by atoms with Crippen molar-refractivity contribution in [1.82, 2.24) is 0 Å². The van der Waals surface area contributed by atoms with Crippen molar-refractivity contribution < 1.29 is 41.7 Å². The normalized spacial score (nSPS) is 12.1. The van der Waals surface area contributed by atoms with Crippen LogP contribution in [0.2, 0.25) is 0 Å². The molecule has 10 rings (SSSR count). The summed E-state index contributed by atoms with van der Waals surface area (Å²) in [5.41, 5.74) is 10.3.